The molecule has 0 bridgehead atoms. The number of hydrazine groups is 1. The molecular formula is C7H7N3S2. The molecule has 0 atom stereocenters. The molecular weight excluding hydrogens is 190 g/mol. The number of hydrogen-bond donors (Lipinski definition) is 2. The van der Waals surface area contributed by atoms with Gasteiger partial charge in [0.1, 0.15) is 0 Å². The lowest BCUT2D eigenvalue weighted by Gasteiger charge is -2.03. The minimum absolute atomic E-state index is 1.10. The van der Waals surface area contributed by atoms with Crippen molar-refractivity contribution in [2.45, 2.75) is 0 Å². The van der Waals surface area contributed by atoms with Gasteiger partial charge in [-0.15, -0.1) is 3.82 Å². The van der Waals surface area contributed by atoms with Gasteiger partial charge in [-0.05, 0) is 18.0 Å². The molecule has 0 radical (unpaired) electrons. The minimum Gasteiger partial charge on any atom is -0.306 e. The summed E-state index contributed by atoms with van der Waals surface area (Å²) in [5, 5.41) is 0. The van der Waals surface area contributed by atoms with Crippen molar-refractivity contribution >= 4 is 29.7 Å². The summed E-state index contributed by atoms with van der Waals surface area (Å²) in [6, 6.07) is 3.93. The van der Waals surface area contributed by atoms with E-state index in [1.807, 2.05) is 24.5 Å². The zero-order chi connectivity index (χ0) is 8.39. The predicted octanol–water partition coefficient (Wildman–Crippen LogP) is 1.69. The van der Waals surface area contributed by atoms with Crippen LogP contribution in [0.15, 0.2) is 30.7 Å². The number of aromatic nitrogens is 1. The molecule has 2 heterocycles. The third-order valence-electron chi connectivity index (χ3n) is 1.44. The summed E-state index contributed by atoms with van der Waals surface area (Å²) in [7, 11) is 0. The van der Waals surface area contributed by atoms with Crippen LogP contribution < -0.4 is 5.43 Å². The van der Waals surface area contributed by atoms with Gasteiger partial charge in [0, 0.05) is 24.2 Å². The molecule has 3 nitrogen and oxygen atoms in total. The monoisotopic (exact) mass is 197 g/mol. The highest BCUT2D eigenvalue weighted by atomic mass is 32.2. The smallest absolute Gasteiger partial charge is 0.0516 e. The van der Waals surface area contributed by atoms with Crippen molar-refractivity contribution in [3.05, 3.63) is 36.3 Å². The van der Waals surface area contributed by atoms with Gasteiger partial charge in [0.05, 0.1) is 4.91 Å². The lowest BCUT2D eigenvalue weighted by atomic mass is 10.3. The molecule has 1 aromatic heterocycles. The van der Waals surface area contributed by atoms with Gasteiger partial charge in [-0.1, -0.05) is 18.9 Å². The van der Waals surface area contributed by atoms with Crippen molar-refractivity contribution < 1.29 is 0 Å². The molecule has 0 aliphatic carbocycles. The van der Waals surface area contributed by atoms with Crippen molar-refractivity contribution in [3.63, 3.8) is 0 Å². The van der Waals surface area contributed by atoms with Gasteiger partial charge >= 0.3 is 0 Å². The second kappa shape index (κ2) is 3.38. The Bertz CT molecular complexity index is 299. The minimum atomic E-state index is 1.10. The maximum absolute atomic E-state index is 4.11. The van der Waals surface area contributed by atoms with Gasteiger partial charge in [0.25, 0.3) is 0 Å². The fourth-order valence-electron chi connectivity index (χ4n) is 0.904. The highest BCUT2D eigenvalue weighted by Crippen LogP contribution is 2.33. The quantitative estimate of drug-likeness (QED) is 0.529. The second-order valence-corrected chi connectivity index (χ2v) is 3.90. The molecule has 0 amide bonds. The predicted molar refractivity (Wildman–Crippen MR) is 53.8 cm³/mol. The average molecular weight is 197 g/mol. The molecule has 0 unspecified atom stereocenters. The van der Waals surface area contributed by atoms with Crippen LogP contribution in [-0.2, 0) is 0 Å². The highest BCUT2D eigenvalue weighted by molar-refractivity contribution is 8.12. The lowest BCUT2D eigenvalue weighted by molar-refractivity contribution is 0.676. The Morgan fingerprint density at radius 1 is 1.58 bits per heavy atom. The first-order valence-electron chi connectivity index (χ1n) is 3.40. The third-order valence-corrected chi connectivity index (χ3v) is 2.63. The van der Waals surface area contributed by atoms with Crippen LogP contribution in [0, 0.1) is 0 Å². The van der Waals surface area contributed by atoms with E-state index in [1.165, 1.54) is 11.9 Å². The summed E-state index contributed by atoms with van der Waals surface area (Å²) in [4.78, 5) is 5.15. The highest BCUT2D eigenvalue weighted by Gasteiger charge is 2.12. The summed E-state index contributed by atoms with van der Waals surface area (Å²) in [6.45, 7) is 0. The van der Waals surface area contributed by atoms with Crippen molar-refractivity contribution in [1.82, 2.24) is 14.2 Å². The summed E-state index contributed by atoms with van der Waals surface area (Å²) in [5.74, 6) is 0. The topological polar surface area (TPSA) is 28.2 Å². The number of thiol groups is 1. The normalized spacial score (nSPS) is 17.2. The van der Waals surface area contributed by atoms with E-state index in [1.54, 1.807) is 10.0 Å². The van der Waals surface area contributed by atoms with Crippen LogP contribution in [0.3, 0.4) is 0 Å². The summed E-state index contributed by atoms with van der Waals surface area (Å²) >= 11 is 5.64. The van der Waals surface area contributed by atoms with Crippen molar-refractivity contribution in [2.24, 2.45) is 0 Å². The summed E-state index contributed by atoms with van der Waals surface area (Å²) < 4.78 is 1.64. The number of pyridine rings is 1. The molecule has 1 N–H and O–H groups in total. The van der Waals surface area contributed by atoms with Gasteiger partial charge in [0.15, 0.2) is 0 Å². The number of nitrogens with one attached hydrogen (secondary N) is 1. The largest absolute Gasteiger partial charge is 0.306 e. The molecule has 5 heteroatoms. The molecule has 0 aromatic carbocycles. The van der Waals surface area contributed by atoms with Crippen LogP contribution >= 0.6 is 24.8 Å². The van der Waals surface area contributed by atoms with E-state index >= 15 is 0 Å². The Kier molecular flexibility index (Phi) is 2.25. The fraction of sp³-hybridized carbons (Fsp3) is 0. The number of rotatable bonds is 1. The zero-order valence-electron chi connectivity index (χ0n) is 6.14. The van der Waals surface area contributed by atoms with Gasteiger partial charge in [0.2, 0.25) is 0 Å². The van der Waals surface area contributed by atoms with Gasteiger partial charge < -0.3 is 5.43 Å². The molecule has 0 fully saturated rings. The molecule has 1 aliphatic rings. The molecule has 1 aliphatic heterocycles. The van der Waals surface area contributed by atoms with E-state index in [4.69, 9.17) is 0 Å². The Morgan fingerprint density at radius 2 is 2.50 bits per heavy atom. The summed E-state index contributed by atoms with van der Waals surface area (Å²) in [5.41, 5.74) is 4.04. The van der Waals surface area contributed by atoms with Crippen LogP contribution in [0.4, 0.5) is 0 Å². The maximum Gasteiger partial charge on any atom is 0.0516 e. The first-order chi connectivity index (χ1) is 5.86. The number of hydrogen-bond acceptors (Lipinski definition) is 5. The van der Waals surface area contributed by atoms with E-state index in [2.05, 4.69) is 23.2 Å². The van der Waals surface area contributed by atoms with E-state index in [0.717, 1.165) is 10.5 Å². The third kappa shape index (κ3) is 1.57. The molecule has 2 rings (SSSR count). The van der Waals surface area contributed by atoms with Crippen LogP contribution in [0.5, 0.6) is 0 Å². The standard InChI is InChI=1S/C7H7N3S2/c11-10-9-5-7(12-10)6-2-1-3-8-4-6/h1-5,9,11H. The number of nitrogens with zero attached hydrogens (tertiary/aromatic N) is 2. The molecule has 1 aromatic rings. The van der Waals surface area contributed by atoms with Gasteiger partial charge in [-0.25, -0.2) is 0 Å². The van der Waals surface area contributed by atoms with E-state index < -0.39 is 0 Å². The van der Waals surface area contributed by atoms with Crippen molar-refractivity contribution in [1.29, 1.82) is 0 Å². The Hall–Kier alpha value is -0.650. The molecule has 12 heavy (non-hydrogen) atoms. The van der Waals surface area contributed by atoms with Crippen molar-refractivity contribution in [2.75, 3.05) is 0 Å². The SMILES string of the molecule is SN1NC=C(c2cccnc2)S1. The first kappa shape index (κ1) is 7.97. The van der Waals surface area contributed by atoms with Gasteiger partial charge in [-0.2, -0.15) is 0 Å². The first-order valence-corrected chi connectivity index (χ1v) is 4.57. The maximum atomic E-state index is 4.11. The molecule has 0 saturated heterocycles. The molecule has 62 valence electrons. The van der Waals surface area contributed by atoms with Crippen LogP contribution in [0.25, 0.3) is 4.91 Å². The molecule has 0 saturated carbocycles. The van der Waals surface area contributed by atoms with E-state index in [0.29, 0.717) is 0 Å². The van der Waals surface area contributed by atoms with Crippen molar-refractivity contribution in [3.8, 4) is 0 Å². The fourth-order valence-corrected chi connectivity index (χ4v) is 1.85. The van der Waals surface area contributed by atoms with Crippen LogP contribution in [-0.4, -0.2) is 8.80 Å². The zero-order valence-corrected chi connectivity index (χ0v) is 7.85. The molecule has 0 spiro atoms. The van der Waals surface area contributed by atoms with E-state index in [9.17, 15) is 0 Å². The van der Waals surface area contributed by atoms with Crippen LogP contribution in [0.1, 0.15) is 5.56 Å². The lowest BCUT2D eigenvalue weighted by Crippen LogP contribution is -2.10. The second-order valence-electron chi connectivity index (χ2n) is 2.24. The summed E-state index contributed by atoms with van der Waals surface area (Å²) in [6.07, 6.45) is 5.48. The van der Waals surface area contributed by atoms with Gasteiger partial charge in [-0.3, -0.25) is 4.98 Å². The Balaban J connectivity index is 2.22. The Labute approximate surface area is 80.5 Å². The Morgan fingerprint density at radius 3 is 3.08 bits per heavy atom. The van der Waals surface area contributed by atoms with Crippen LogP contribution in [0.2, 0.25) is 0 Å². The van der Waals surface area contributed by atoms with E-state index in [-0.39, 0.29) is 0 Å². The average Bonchev–Trinajstić information content (AvgIpc) is 2.54.